The lowest BCUT2D eigenvalue weighted by Crippen LogP contribution is -2.22. The molecule has 1 heterocycles. The second-order valence-electron chi connectivity index (χ2n) is 5.19. The largest absolute Gasteiger partial charge is 0.490 e. The molecule has 1 atom stereocenters. The molecule has 2 aromatic carbocycles. The molecule has 0 amide bonds. The Kier molecular flexibility index (Phi) is 4.06. The Hall–Kier alpha value is -2.07. The summed E-state index contributed by atoms with van der Waals surface area (Å²) < 4.78 is 24.6. The van der Waals surface area contributed by atoms with Gasteiger partial charge >= 0.3 is 0 Å². The van der Waals surface area contributed by atoms with Gasteiger partial charge in [0.15, 0.2) is 0 Å². The number of hydrogen-bond acceptors (Lipinski definition) is 3. The number of nitrogens with two attached hydrogens (primary N) is 1. The van der Waals surface area contributed by atoms with Crippen LogP contribution in [0.3, 0.4) is 0 Å². The summed E-state index contributed by atoms with van der Waals surface area (Å²) in [6.45, 7) is 1.09. The van der Waals surface area contributed by atoms with Gasteiger partial charge in [0.25, 0.3) is 0 Å². The molecule has 0 aliphatic carbocycles. The fraction of sp³-hybridized carbons (Fsp3) is 0.294. The van der Waals surface area contributed by atoms with E-state index in [0.717, 1.165) is 23.5 Å². The first-order valence-corrected chi connectivity index (χ1v) is 7.11. The molecule has 0 aromatic heterocycles. The summed E-state index contributed by atoms with van der Waals surface area (Å²) >= 11 is 0. The number of benzene rings is 2. The van der Waals surface area contributed by atoms with Crippen LogP contribution in [0.4, 0.5) is 4.39 Å². The van der Waals surface area contributed by atoms with E-state index in [1.165, 1.54) is 17.7 Å². The molecule has 0 radical (unpaired) electrons. The van der Waals surface area contributed by atoms with E-state index in [1.54, 1.807) is 6.07 Å². The van der Waals surface area contributed by atoms with Gasteiger partial charge < -0.3 is 15.2 Å². The van der Waals surface area contributed by atoms with Crippen LogP contribution in [0.1, 0.15) is 11.1 Å². The van der Waals surface area contributed by atoms with Crippen molar-refractivity contribution in [3.05, 3.63) is 59.4 Å². The van der Waals surface area contributed by atoms with Crippen LogP contribution in [-0.2, 0) is 12.8 Å². The van der Waals surface area contributed by atoms with E-state index >= 15 is 0 Å². The van der Waals surface area contributed by atoms with Crippen LogP contribution in [0.25, 0.3) is 0 Å². The minimum atomic E-state index is -0.227. The monoisotopic (exact) mass is 287 g/mol. The van der Waals surface area contributed by atoms with Crippen molar-refractivity contribution in [3.63, 3.8) is 0 Å². The van der Waals surface area contributed by atoms with E-state index in [2.05, 4.69) is 0 Å². The molecule has 1 unspecified atom stereocenters. The molecule has 2 N–H and O–H groups in total. The maximum absolute atomic E-state index is 13.1. The lowest BCUT2D eigenvalue weighted by Gasteiger charge is -2.12. The highest BCUT2D eigenvalue weighted by Gasteiger charge is 2.23. The highest BCUT2D eigenvalue weighted by molar-refractivity contribution is 5.38. The Labute approximate surface area is 123 Å². The molecule has 0 spiro atoms. The smallest absolute Gasteiger partial charge is 0.137 e. The first-order chi connectivity index (χ1) is 10.2. The van der Waals surface area contributed by atoms with E-state index in [9.17, 15) is 4.39 Å². The third kappa shape index (κ3) is 3.34. The van der Waals surface area contributed by atoms with Gasteiger partial charge in [0, 0.05) is 12.0 Å². The molecule has 0 saturated heterocycles. The Morgan fingerprint density at radius 2 is 2.00 bits per heavy atom. The zero-order valence-corrected chi connectivity index (χ0v) is 11.7. The molecular formula is C17H18FNO2. The summed E-state index contributed by atoms with van der Waals surface area (Å²) in [6, 6.07) is 12.5. The van der Waals surface area contributed by atoms with Crippen molar-refractivity contribution in [1.29, 1.82) is 0 Å². The number of ether oxygens (including phenoxy) is 2. The molecule has 4 heteroatoms. The number of halogens is 1. The number of hydrogen-bond donors (Lipinski definition) is 1. The lowest BCUT2D eigenvalue weighted by molar-refractivity contribution is 0.148. The molecule has 110 valence electrons. The quantitative estimate of drug-likeness (QED) is 0.919. The Morgan fingerprint density at radius 1 is 1.19 bits per heavy atom. The van der Waals surface area contributed by atoms with E-state index in [4.69, 9.17) is 15.2 Å². The van der Waals surface area contributed by atoms with E-state index in [0.29, 0.717) is 19.6 Å². The van der Waals surface area contributed by atoms with Crippen LogP contribution < -0.4 is 15.2 Å². The zero-order valence-electron chi connectivity index (χ0n) is 11.7. The standard InChI is InChI=1S/C17H18FNO2/c18-14-3-6-17-13(9-14)10-16(21-17)11-20-15-4-1-12(2-5-15)7-8-19/h1-6,9,16H,7-8,10-11,19H2. The Bertz CT molecular complexity index is 613. The van der Waals surface area contributed by atoms with Gasteiger partial charge in [0.1, 0.15) is 30.0 Å². The second-order valence-corrected chi connectivity index (χ2v) is 5.19. The van der Waals surface area contributed by atoms with Crippen molar-refractivity contribution in [1.82, 2.24) is 0 Å². The first kappa shape index (κ1) is 13.9. The minimum absolute atomic E-state index is 0.0643. The highest BCUT2D eigenvalue weighted by atomic mass is 19.1. The van der Waals surface area contributed by atoms with Crippen molar-refractivity contribution in [2.24, 2.45) is 5.73 Å². The average molecular weight is 287 g/mol. The molecule has 1 aliphatic heterocycles. The molecule has 2 aromatic rings. The Balaban J connectivity index is 1.55. The van der Waals surface area contributed by atoms with Crippen molar-refractivity contribution in [2.45, 2.75) is 18.9 Å². The number of rotatable bonds is 5. The van der Waals surface area contributed by atoms with Gasteiger partial charge in [-0.1, -0.05) is 12.1 Å². The summed E-state index contributed by atoms with van der Waals surface area (Å²) in [7, 11) is 0. The predicted molar refractivity (Wildman–Crippen MR) is 79.2 cm³/mol. The summed E-state index contributed by atoms with van der Waals surface area (Å²) in [5.41, 5.74) is 7.62. The summed E-state index contributed by atoms with van der Waals surface area (Å²) in [5.74, 6) is 1.33. The van der Waals surface area contributed by atoms with Gasteiger partial charge in [-0.3, -0.25) is 0 Å². The van der Waals surface area contributed by atoms with Crippen LogP contribution in [0.15, 0.2) is 42.5 Å². The third-order valence-corrected chi connectivity index (χ3v) is 3.56. The topological polar surface area (TPSA) is 44.5 Å². The second kappa shape index (κ2) is 6.14. The summed E-state index contributed by atoms with van der Waals surface area (Å²) in [4.78, 5) is 0. The van der Waals surface area contributed by atoms with E-state index in [-0.39, 0.29) is 11.9 Å². The molecule has 0 saturated carbocycles. The average Bonchev–Trinajstić information content (AvgIpc) is 2.89. The van der Waals surface area contributed by atoms with E-state index in [1.807, 2.05) is 24.3 Å². The summed E-state index contributed by atoms with van der Waals surface area (Å²) in [6.07, 6.45) is 1.48. The normalized spacial score (nSPS) is 16.4. The molecule has 0 fully saturated rings. The maximum atomic E-state index is 13.1. The third-order valence-electron chi connectivity index (χ3n) is 3.56. The van der Waals surface area contributed by atoms with E-state index < -0.39 is 0 Å². The SMILES string of the molecule is NCCc1ccc(OCC2Cc3cc(F)ccc3O2)cc1. The molecule has 1 aliphatic rings. The molecule has 3 nitrogen and oxygen atoms in total. The van der Waals surface area contributed by atoms with Crippen molar-refractivity contribution >= 4 is 0 Å². The van der Waals surface area contributed by atoms with Gasteiger partial charge in [-0.2, -0.15) is 0 Å². The first-order valence-electron chi connectivity index (χ1n) is 7.11. The van der Waals surface area contributed by atoms with Gasteiger partial charge in [0.05, 0.1) is 0 Å². The summed E-state index contributed by atoms with van der Waals surface area (Å²) in [5, 5.41) is 0. The molecule has 0 bridgehead atoms. The van der Waals surface area contributed by atoms with Crippen molar-refractivity contribution < 1.29 is 13.9 Å². The fourth-order valence-corrected chi connectivity index (χ4v) is 2.49. The maximum Gasteiger partial charge on any atom is 0.137 e. The fourth-order valence-electron chi connectivity index (χ4n) is 2.49. The molecule has 3 rings (SSSR count). The van der Waals surface area contributed by atoms with Crippen molar-refractivity contribution in [3.8, 4) is 11.5 Å². The lowest BCUT2D eigenvalue weighted by atomic mass is 10.1. The van der Waals surface area contributed by atoms with Gasteiger partial charge in [-0.15, -0.1) is 0 Å². The Morgan fingerprint density at radius 3 is 2.76 bits per heavy atom. The zero-order chi connectivity index (χ0) is 14.7. The predicted octanol–water partition coefficient (Wildman–Crippen LogP) is 2.71. The number of fused-ring (bicyclic) bond motifs is 1. The van der Waals surface area contributed by atoms with Crippen LogP contribution in [0.5, 0.6) is 11.5 Å². The molecule has 21 heavy (non-hydrogen) atoms. The van der Waals surface area contributed by atoms with Gasteiger partial charge in [-0.05, 0) is 48.9 Å². The van der Waals surface area contributed by atoms with Crippen molar-refractivity contribution in [2.75, 3.05) is 13.2 Å². The molecular weight excluding hydrogens is 269 g/mol. The van der Waals surface area contributed by atoms with Crippen LogP contribution in [-0.4, -0.2) is 19.3 Å². The highest BCUT2D eigenvalue weighted by Crippen LogP contribution is 2.29. The minimum Gasteiger partial charge on any atom is -0.490 e. The van der Waals surface area contributed by atoms with Crippen LogP contribution in [0.2, 0.25) is 0 Å². The van der Waals surface area contributed by atoms with Gasteiger partial charge in [-0.25, -0.2) is 4.39 Å². The van der Waals surface area contributed by atoms with Crippen LogP contribution in [0, 0.1) is 5.82 Å². The van der Waals surface area contributed by atoms with Crippen LogP contribution >= 0.6 is 0 Å². The van der Waals surface area contributed by atoms with Gasteiger partial charge in [0.2, 0.25) is 0 Å².